The zero-order valence-corrected chi connectivity index (χ0v) is 14.5. The number of anilines is 1. The summed E-state index contributed by atoms with van der Waals surface area (Å²) in [7, 11) is 0. The largest absolute Gasteiger partial charge is 0.340 e. The highest BCUT2D eigenvalue weighted by molar-refractivity contribution is 5.56. The fourth-order valence-corrected chi connectivity index (χ4v) is 3.39. The van der Waals surface area contributed by atoms with Crippen LogP contribution >= 0.6 is 0 Å². The van der Waals surface area contributed by atoms with Crippen molar-refractivity contribution in [1.29, 1.82) is 0 Å². The van der Waals surface area contributed by atoms with Crippen molar-refractivity contribution in [2.45, 2.75) is 6.54 Å². The van der Waals surface area contributed by atoms with Gasteiger partial charge in [0.2, 0.25) is 5.95 Å². The maximum Gasteiger partial charge on any atom is 0.266 e. The molecule has 0 radical (unpaired) electrons. The minimum atomic E-state index is -0.0889. The van der Waals surface area contributed by atoms with Crippen molar-refractivity contribution in [2.75, 3.05) is 18.0 Å². The molecule has 1 aliphatic rings. The smallest absolute Gasteiger partial charge is 0.266 e. The summed E-state index contributed by atoms with van der Waals surface area (Å²) in [6, 6.07) is 12.9. The average molecular weight is 359 g/mol. The molecule has 8 heteroatoms. The predicted octanol–water partition coefficient (Wildman–Crippen LogP) is 1.48. The number of fused-ring (bicyclic) bond motifs is 1. The standard InChI is InChI=1S/C19H17N7O/c27-18-7-6-16(15-4-3-8-20-10-15)23-26(18)13-14-11-24(12-14)19-22-21-17-5-1-2-9-25(17)19/h1-10,14H,11-13H2. The summed E-state index contributed by atoms with van der Waals surface area (Å²) >= 11 is 0. The number of hydrogen-bond donors (Lipinski definition) is 0. The minimum absolute atomic E-state index is 0.0889. The molecule has 0 bridgehead atoms. The highest BCUT2D eigenvalue weighted by Gasteiger charge is 2.30. The molecule has 8 nitrogen and oxygen atoms in total. The van der Waals surface area contributed by atoms with Crippen LogP contribution < -0.4 is 10.5 Å². The van der Waals surface area contributed by atoms with Crippen LogP contribution in [-0.2, 0) is 6.54 Å². The molecule has 0 N–H and O–H groups in total. The van der Waals surface area contributed by atoms with Crippen LogP contribution in [0.1, 0.15) is 0 Å². The Kier molecular flexibility index (Phi) is 3.67. The van der Waals surface area contributed by atoms with Gasteiger partial charge in [0.25, 0.3) is 5.56 Å². The second-order valence-electron chi connectivity index (χ2n) is 6.68. The SMILES string of the molecule is O=c1ccc(-c2cccnc2)nn1CC1CN(c2nnc3ccccn23)C1. The molecule has 5 rings (SSSR count). The molecule has 4 aromatic heterocycles. The van der Waals surface area contributed by atoms with Crippen molar-refractivity contribution < 1.29 is 0 Å². The van der Waals surface area contributed by atoms with Crippen molar-refractivity contribution >= 4 is 11.6 Å². The van der Waals surface area contributed by atoms with E-state index in [4.69, 9.17) is 0 Å². The molecule has 1 aliphatic heterocycles. The molecular weight excluding hydrogens is 342 g/mol. The maximum atomic E-state index is 12.2. The Hall–Kier alpha value is -3.55. The summed E-state index contributed by atoms with van der Waals surface area (Å²) in [6.45, 7) is 2.22. The van der Waals surface area contributed by atoms with Crippen molar-refractivity contribution in [2.24, 2.45) is 5.92 Å². The van der Waals surface area contributed by atoms with Crippen LogP contribution in [0.3, 0.4) is 0 Å². The highest BCUT2D eigenvalue weighted by atomic mass is 16.1. The predicted molar refractivity (Wildman–Crippen MR) is 100 cm³/mol. The van der Waals surface area contributed by atoms with Crippen LogP contribution in [0, 0.1) is 5.92 Å². The second-order valence-corrected chi connectivity index (χ2v) is 6.68. The van der Waals surface area contributed by atoms with E-state index in [2.05, 4.69) is 25.2 Å². The highest BCUT2D eigenvalue weighted by Crippen LogP contribution is 2.24. The third-order valence-corrected chi connectivity index (χ3v) is 4.79. The average Bonchev–Trinajstić information content (AvgIpc) is 3.10. The first-order valence-electron chi connectivity index (χ1n) is 8.81. The van der Waals surface area contributed by atoms with Gasteiger partial charge >= 0.3 is 0 Å². The fourth-order valence-electron chi connectivity index (χ4n) is 3.39. The van der Waals surface area contributed by atoms with Gasteiger partial charge in [-0.1, -0.05) is 6.07 Å². The lowest BCUT2D eigenvalue weighted by molar-refractivity contribution is 0.331. The van der Waals surface area contributed by atoms with Crippen molar-refractivity contribution in [3.05, 3.63) is 71.4 Å². The summed E-state index contributed by atoms with van der Waals surface area (Å²) in [6.07, 6.45) is 5.43. The zero-order valence-electron chi connectivity index (χ0n) is 14.5. The molecule has 134 valence electrons. The van der Waals surface area contributed by atoms with Crippen LogP contribution in [0.4, 0.5) is 5.95 Å². The van der Waals surface area contributed by atoms with E-state index in [0.29, 0.717) is 12.5 Å². The Labute approximate surface area is 154 Å². The van der Waals surface area contributed by atoms with Gasteiger partial charge in [0.05, 0.1) is 12.2 Å². The summed E-state index contributed by atoms with van der Waals surface area (Å²) < 4.78 is 3.52. The molecular formula is C19H17N7O. The lowest BCUT2D eigenvalue weighted by atomic mass is 10.0. The first-order chi connectivity index (χ1) is 13.3. The van der Waals surface area contributed by atoms with E-state index in [1.54, 1.807) is 29.2 Å². The van der Waals surface area contributed by atoms with Crippen LogP contribution in [0.25, 0.3) is 16.9 Å². The molecule has 4 aromatic rings. The van der Waals surface area contributed by atoms with Gasteiger partial charge in [-0.15, -0.1) is 10.2 Å². The summed E-state index contributed by atoms with van der Waals surface area (Å²) in [4.78, 5) is 18.5. The van der Waals surface area contributed by atoms with Gasteiger partial charge in [0, 0.05) is 49.2 Å². The van der Waals surface area contributed by atoms with E-state index in [1.165, 1.54) is 0 Å². The fraction of sp³-hybridized carbons (Fsp3) is 0.211. The van der Waals surface area contributed by atoms with Crippen LogP contribution in [0.15, 0.2) is 65.8 Å². The Morgan fingerprint density at radius 3 is 2.81 bits per heavy atom. The normalized spacial score (nSPS) is 14.4. The van der Waals surface area contributed by atoms with E-state index in [1.807, 2.05) is 40.9 Å². The molecule has 1 saturated heterocycles. The lowest BCUT2D eigenvalue weighted by Crippen LogP contribution is -2.50. The molecule has 0 aliphatic carbocycles. The first-order valence-corrected chi connectivity index (χ1v) is 8.81. The Morgan fingerprint density at radius 2 is 1.96 bits per heavy atom. The van der Waals surface area contributed by atoms with E-state index < -0.39 is 0 Å². The van der Waals surface area contributed by atoms with Gasteiger partial charge in [-0.3, -0.25) is 14.2 Å². The third-order valence-electron chi connectivity index (χ3n) is 4.79. The lowest BCUT2D eigenvalue weighted by Gasteiger charge is -2.39. The number of rotatable bonds is 4. The summed E-state index contributed by atoms with van der Waals surface area (Å²) in [5.74, 6) is 1.18. The molecule has 0 aromatic carbocycles. The molecule has 0 unspecified atom stereocenters. The van der Waals surface area contributed by atoms with E-state index >= 15 is 0 Å². The number of pyridine rings is 2. The third kappa shape index (κ3) is 2.84. The number of nitrogens with zero attached hydrogens (tertiary/aromatic N) is 7. The molecule has 0 spiro atoms. The molecule has 27 heavy (non-hydrogen) atoms. The van der Waals surface area contributed by atoms with Crippen molar-refractivity contribution in [3.63, 3.8) is 0 Å². The maximum absolute atomic E-state index is 12.2. The Bertz CT molecular complexity index is 1150. The van der Waals surface area contributed by atoms with Crippen molar-refractivity contribution in [3.8, 4) is 11.3 Å². The van der Waals surface area contributed by atoms with Crippen LogP contribution in [-0.4, -0.2) is 42.5 Å². The second kappa shape index (κ2) is 6.31. The van der Waals surface area contributed by atoms with Gasteiger partial charge in [-0.2, -0.15) is 5.10 Å². The van der Waals surface area contributed by atoms with Gasteiger partial charge < -0.3 is 4.90 Å². The van der Waals surface area contributed by atoms with E-state index in [-0.39, 0.29) is 5.56 Å². The van der Waals surface area contributed by atoms with Crippen LogP contribution in [0.5, 0.6) is 0 Å². The minimum Gasteiger partial charge on any atom is -0.340 e. The number of hydrogen-bond acceptors (Lipinski definition) is 6. The van der Waals surface area contributed by atoms with Gasteiger partial charge in [-0.25, -0.2) is 4.68 Å². The monoisotopic (exact) mass is 359 g/mol. The van der Waals surface area contributed by atoms with Crippen LogP contribution in [0.2, 0.25) is 0 Å². The van der Waals surface area contributed by atoms with Gasteiger partial charge in [-0.05, 0) is 30.3 Å². The Balaban J connectivity index is 1.32. The molecule has 0 atom stereocenters. The molecule has 1 fully saturated rings. The molecule has 5 heterocycles. The number of aromatic nitrogens is 6. The Morgan fingerprint density at radius 1 is 1.04 bits per heavy atom. The topological polar surface area (TPSA) is 81.2 Å². The van der Waals surface area contributed by atoms with E-state index in [0.717, 1.165) is 35.9 Å². The quantitative estimate of drug-likeness (QED) is 0.549. The first kappa shape index (κ1) is 15.7. The van der Waals surface area contributed by atoms with Gasteiger partial charge in [0.15, 0.2) is 5.65 Å². The molecule has 0 saturated carbocycles. The summed E-state index contributed by atoms with van der Waals surface area (Å²) in [5, 5.41) is 13.0. The van der Waals surface area contributed by atoms with Gasteiger partial charge in [0.1, 0.15) is 0 Å². The summed E-state index contributed by atoms with van der Waals surface area (Å²) in [5.41, 5.74) is 2.39. The van der Waals surface area contributed by atoms with E-state index in [9.17, 15) is 4.79 Å². The zero-order chi connectivity index (χ0) is 18.2. The molecule has 0 amide bonds. The van der Waals surface area contributed by atoms with Crippen molar-refractivity contribution in [1.82, 2.24) is 29.4 Å².